The smallest absolute Gasteiger partial charge is 0.188 e. The number of imidazole rings is 2. The molecule has 0 aliphatic heterocycles. The highest BCUT2D eigenvalue weighted by Crippen LogP contribution is 2.07. The zero-order valence-corrected chi connectivity index (χ0v) is 12.7. The first kappa shape index (κ1) is 15.4. The Morgan fingerprint density at radius 1 is 1.24 bits per heavy atom. The zero-order valence-electron chi connectivity index (χ0n) is 11.9. The van der Waals surface area contributed by atoms with E-state index in [9.17, 15) is 0 Å². The van der Waals surface area contributed by atoms with Gasteiger partial charge < -0.3 is 21.0 Å². The molecule has 21 heavy (non-hydrogen) atoms. The van der Waals surface area contributed by atoms with E-state index in [-0.39, 0.29) is 0 Å². The van der Waals surface area contributed by atoms with Crippen LogP contribution < -0.4 is 11.1 Å². The molecule has 8 heteroatoms. The number of aromatic amines is 2. The Morgan fingerprint density at radius 3 is 2.71 bits per heavy atom. The van der Waals surface area contributed by atoms with Crippen molar-refractivity contribution in [3.8, 4) is 0 Å². The average molecular weight is 307 g/mol. The number of hydrogen-bond acceptors (Lipinski definition) is 4. The minimum Gasteiger partial charge on any atom is -0.370 e. The maximum Gasteiger partial charge on any atom is 0.188 e. The third-order valence-electron chi connectivity index (χ3n) is 2.81. The van der Waals surface area contributed by atoms with Crippen molar-refractivity contribution < 1.29 is 0 Å². The number of H-pyrrole nitrogens is 2. The maximum absolute atomic E-state index is 5.80. The highest BCUT2D eigenvalue weighted by molar-refractivity contribution is 7.98. The first-order valence-electron chi connectivity index (χ1n) is 6.90. The average Bonchev–Trinajstić information content (AvgIpc) is 3.16. The van der Waals surface area contributed by atoms with E-state index in [2.05, 4.69) is 30.2 Å². The van der Waals surface area contributed by atoms with Gasteiger partial charge in [-0.1, -0.05) is 0 Å². The number of aromatic nitrogens is 4. The third-order valence-corrected chi connectivity index (χ3v) is 3.81. The summed E-state index contributed by atoms with van der Waals surface area (Å²) >= 11 is 1.82. The van der Waals surface area contributed by atoms with Crippen LogP contribution in [0, 0.1) is 0 Å². The lowest BCUT2D eigenvalue weighted by molar-refractivity contribution is 0.806. The standard InChI is InChI=1S/C13H21N7S/c14-13(17-3-1-2-11-6-15-9-19-11)18-4-5-21-8-12-7-16-10-20-12/h6-7,9-10H,1-5,8H2,(H,15,19)(H,16,20)(H3,14,17,18). The molecule has 0 aliphatic rings. The predicted octanol–water partition coefficient (Wildman–Crippen LogP) is 0.903. The number of aryl methyl sites for hydroxylation is 1. The Hall–Kier alpha value is -1.96. The molecule has 0 saturated heterocycles. The monoisotopic (exact) mass is 307 g/mol. The summed E-state index contributed by atoms with van der Waals surface area (Å²) in [6.45, 7) is 1.54. The zero-order chi connectivity index (χ0) is 14.8. The molecule has 0 saturated carbocycles. The molecule has 0 amide bonds. The normalized spacial score (nSPS) is 11.7. The number of nitrogens with one attached hydrogen (secondary N) is 3. The van der Waals surface area contributed by atoms with E-state index in [1.54, 1.807) is 12.7 Å². The van der Waals surface area contributed by atoms with Crippen molar-refractivity contribution in [3.63, 3.8) is 0 Å². The number of guanidine groups is 1. The van der Waals surface area contributed by atoms with Crippen molar-refractivity contribution in [1.29, 1.82) is 0 Å². The van der Waals surface area contributed by atoms with Gasteiger partial charge in [-0.2, -0.15) is 11.8 Å². The topological polar surface area (TPSA) is 108 Å². The fraction of sp³-hybridized carbons (Fsp3) is 0.462. The molecule has 2 aromatic heterocycles. The summed E-state index contributed by atoms with van der Waals surface area (Å²) in [6.07, 6.45) is 8.96. The molecule has 0 aliphatic carbocycles. The fourth-order valence-electron chi connectivity index (χ4n) is 1.74. The van der Waals surface area contributed by atoms with Gasteiger partial charge in [0.15, 0.2) is 5.96 Å². The lowest BCUT2D eigenvalue weighted by Crippen LogP contribution is -2.33. The number of thioether (sulfide) groups is 1. The lowest BCUT2D eigenvalue weighted by Gasteiger charge is -2.05. The molecule has 0 bridgehead atoms. The minimum atomic E-state index is 0.516. The second-order valence-electron chi connectivity index (χ2n) is 4.50. The summed E-state index contributed by atoms with van der Waals surface area (Å²) in [5.74, 6) is 2.42. The van der Waals surface area contributed by atoms with Crippen molar-refractivity contribution in [2.24, 2.45) is 10.7 Å². The Balaban J connectivity index is 1.48. The Bertz CT molecular complexity index is 507. The van der Waals surface area contributed by atoms with Crippen LogP contribution >= 0.6 is 11.8 Å². The molecular weight excluding hydrogens is 286 g/mol. The van der Waals surface area contributed by atoms with Crippen molar-refractivity contribution in [2.75, 3.05) is 18.8 Å². The predicted molar refractivity (Wildman–Crippen MR) is 86.2 cm³/mol. The number of nitrogens with zero attached hydrogens (tertiary/aromatic N) is 3. The van der Waals surface area contributed by atoms with Crippen LogP contribution in [0.5, 0.6) is 0 Å². The molecule has 0 fully saturated rings. The SMILES string of the molecule is NC(=NCCCc1cnc[nH]1)NCCSCc1cnc[nH]1. The second kappa shape index (κ2) is 9.06. The van der Waals surface area contributed by atoms with Crippen molar-refractivity contribution >= 4 is 17.7 Å². The van der Waals surface area contributed by atoms with Crippen LogP contribution in [0.4, 0.5) is 0 Å². The maximum atomic E-state index is 5.80. The fourth-order valence-corrected chi connectivity index (χ4v) is 2.51. The van der Waals surface area contributed by atoms with Gasteiger partial charge in [-0.15, -0.1) is 0 Å². The van der Waals surface area contributed by atoms with Crippen LogP contribution in [0.3, 0.4) is 0 Å². The molecular formula is C13H21N7S. The van der Waals surface area contributed by atoms with E-state index >= 15 is 0 Å². The summed E-state index contributed by atoms with van der Waals surface area (Å²) in [5, 5.41) is 3.12. The van der Waals surface area contributed by atoms with Gasteiger partial charge in [0.25, 0.3) is 0 Å². The molecule has 2 aromatic rings. The number of nitrogens with two attached hydrogens (primary N) is 1. The van der Waals surface area contributed by atoms with Crippen LogP contribution in [-0.4, -0.2) is 44.7 Å². The Labute approximate surface area is 128 Å². The molecule has 0 aromatic carbocycles. The van der Waals surface area contributed by atoms with Gasteiger partial charge in [0, 0.05) is 48.4 Å². The molecule has 0 spiro atoms. The van der Waals surface area contributed by atoms with E-state index in [4.69, 9.17) is 5.73 Å². The molecule has 5 N–H and O–H groups in total. The van der Waals surface area contributed by atoms with Gasteiger partial charge in [-0.25, -0.2) is 9.97 Å². The summed E-state index contributed by atoms with van der Waals surface area (Å²) in [4.78, 5) is 18.4. The van der Waals surface area contributed by atoms with Crippen LogP contribution in [-0.2, 0) is 12.2 Å². The van der Waals surface area contributed by atoms with E-state index in [0.29, 0.717) is 5.96 Å². The van der Waals surface area contributed by atoms with E-state index in [1.165, 1.54) is 0 Å². The number of aliphatic imine (C=N–C) groups is 1. The molecule has 0 radical (unpaired) electrons. The van der Waals surface area contributed by atoms with Crippen molar-refractivity contribution in [1.82, 2.24) is 25.3 Å². The van der Waals surface area contributed by atoms with Gasteiger partial charge in [0.2, 0.25) is 0 Å². The van der Waals surface area contributed by atoms with Crippen molar-refractivity contribution in [2.45, 2.75) is 18.6 Å². The molecule has 114 valence electrons. The van der Waals surface area contributed by atoms with Crippen LogP contribution in [0.15, 0.2) is 30.0 Å². The Morgan fingerprint density at radius 2 is 2.00 bits per heavy atom. The number of hydrogen-bond donors (Lipinski definition) is 4. The molecule has 7 nitrogen and oxygen atoms in total. The van der Waals surface area contributed by atoms with E-state index < -0.39 is 0 Å². The highest BCUT2D eigenvalue weighted by Gasteiger charge is 1.96. The first-order chi connectivity index (χ1) is 10.3. The van der Waals surface area contributed by atoms with E-state index in [1.807, 2.05) is 24.2 Å². The molecule has 2 heterocycles. The second-order valence-corrected chi connectivity index (χ2v) is 5.61. The summed E-state index contributed by atoms with van der Waals surface area (Å²) < 4.78 is 0. The van der Waals surface area contributed by atoms with E-state index in [0.717, 1.165) is 48.8 Å². The molecule has 2 rings (SSSR count). The molecule has 0 unspecified atom stereocenters. The first-order valence-corrected chi connectivity index (χ1v) is 8.06. The summed E-state index contributed by atoms with van der Waals surface area (Å²) in [5.41, 5.74) is 8.07. The largest absolute Gasteiger partial charge is 0.370 e. The van der Waals surface area contributed by atoms with Crippen molar-refractivity contribution in [3.05, 3.63) is 36.4 Å². The van der Waals surface area contributed by atoms with Gasteiger partial charge in [0.05, 0.1) is 12.7 Å². The quantitative estimate of drug-likeness (QED) is 0.313. The lowest BCUT2D eigenvalue weighted by atomic mass is 10.2. The third kappa shape index (κ3) is 6.35. The minimum absolute atomic E-state index is 0.516. The summed E-state index contributed by atoms with van der Waals surface area (Å²) in [6, 6.07) is 0. The van der Waals surface area contributed by atoms with Gasteiger partial charge >= 0.3 is 0 Å². The molecule has 0 atom stereocenters. The highest BCUT2D eigenvalue weighted by atomic mass is 32.2. The van der Waals surface area contributed by atoms with Gasteiger partial charge in [-0.3, -0.25) is 4.99 Å². The Kier molecular flexibility index (Phi) is 6.66. The van der Waals surface area contributed by atoms with Crippen LogP contribution in [0.1, 0.15) is 17.8 Å². The van der Waals surface area contributed by atoms with Gasteiger partial charge in [0.1, 0.15) is 0 Å². The van der Waals surface area contributed by atoms with Gasteiger partial charge in [-0.05, 0) is 12.8 Å². The number of rotatable bonds is 9. The summed E-state index contributed by atoms with van der Waals surface area (Å²) in [7, 11) is 0. The van der Waals surface area contributed by atoms with Crippen LogP contribution in [0.25, 0.3) is 0 Å². The van der Waals surface area contributed by atoms with Crippen LogP contribution in [0.2, 0.25) is 0 Å².